The quantitative estimate of drug-likeness (QED) is 0.626. The van der Waals surface area contributed by atoms with Gasteiger partial charge in [-0.2, -0.15) is 0 Å². The first-order valence-electron chi connectivity index (χ1n) is 6.19. The van der Waals surface area contributed by atoms with Crippen LogP contribution >= 0.6 is 0 Å². The van der Waals surface area contributed by atoms with E-state index >= 15 is 0 Å². The molecule has 1 aromatic heterocycles. The highest BCUT2D eigenvalue weighted by Crippen LogP contribution is 2.27. The Morgan fingerprint density at radius 2 is 1.89 bits per heavy atom. The summed E-state index contributed by atoms with van der Waals surface area (Å²) < 4.78 is 5.70. The molecule has 6 nitrogen and oxygen atoms in total. The number of nitro groups is 1. The Balaban J connectivity index is 1.83. The van der Waals surface area contributed by atoms with Gasteiger partial charge in [-0.1, -0.05) is 0 Å². The number of benzene rings is 1. The molecule has 1 saturated heterocycles. The highest BCUT2D eigenvalue weighted by molar-refractivity contribution is 5.57. The maximum Gasteiger partial charge on any atom is 0.269 e. The Labute approximate surface area is 109 Å². The number of anilines is 1. The lowest BCUT2D eigenvalue weighted by atomic mass is 10.2. The maximum absolute atomic E-state index is 10.6. The van der Waals surface area contributed by atoms with Crippen molar-refractivity contribution >= 4 is 11.6 Å². The lowest BCUT2D eigenvalue weighted by Gasteiger charge is -2.11. The topological polar surface area (TPSA) is 72.4 Å². The molecule has 1 aliphatic heterocycles. The molecule has 1 aromatic carbocycles. The monoisotopic (exact) mass is 259 g/mol. The third kappa shape index (κ3) is 2.29. The van der Waals surface area contributed by atoms with Crippen molar-refractivity contribution in [2.24, 2.45) is 0 Å². The number of hydrogen-bond donors (Lipinski definition) is 0. The van der Waals surface area contributed by atoms with Crippen molar-refractivity contribution in [2.45, 2.75) is 12.8 Å². The number of rotatable bonds is 3. The fraction of sp³-hybridized carbons (Fsp3) is 0.308. The molecule has 1 aliphatic rings. The van der Waals surface area contributed by atoms with E-state index in [1.54, 1.807) is 18.3 Å². The van der Waals surface area contributed by atoms with Crippen molar-refractivity contribution in [1.82, 2.24) is 4.98 Å². The third-order valence-corrected chi connectivity index (χ3v) is 3.24. The van der Waals surface area contributed by atoms with E-state index in [2.05, 4.69) is 9.88 Å². The molecule has 0 saturated carbocycles. The van der Waals surface area contributed by atoms with Crippen LogP contribution in [0.5, 0.6) is 0 Å². The van der Waals surface area contributed by atoms with Gasteiger partial charge in [0.25, 0.3) is 5.69 Å². The number of hydrogen-bond acceptors (Lipinski definition) is 5. The molecule has 1 fully saturated rings. The predicted molar refractivity (Wildman–Crippen MR) is 70.0 cm³/mol. The van der Waals surface area contributed by atoms with Crippen LogP contribution < -0.4 is 4.90 Å². The average molecular weight is 259 g/mol. The highest BCUT2D eigenvalue weighted by atomic mass is 16.6. The van der Waals surface area contributed by atoms with Gasteiger partial charge in [-0.05, 0) is 25.0 Å². The van der Waals surface area contributed by atoms with Crippen molar-refractivity contribution in [2.75, 3.05) is 18.0 Å². The van der Waals surface area contributed by atoms with Gasteiger partial charge in [0.05, 0.1) is 11.1 Å². The fourth-order valence-corrected chi connectivity index (χ4v) is 2.21. The second-order valence-corrected chi connectivity index (χ2v) is 4.50. The molecule has 0 spiro atoms. The van der Waals surface area contributed by atoms with Crippen LogP contribution in [0.25, 0.3) is 11.5 Å². The van der Waals surface area contributed by atoms with E-state index < -0.39 is 4.92 Å². The lowest BCUT2D eigenvalue weighted by molar-refractivity contribution is -0.384. The highest BCUT2D eigenvalue weighted by Gasteiger charge is 2.17. The van der Waals surface area contributed by atoms with Gasteiger partial charge in [-0.15, -0.1) is 0 Å². The van der Waals surface area contributed by atoms with Gasteiger partial charge >= 0.3 is 0 Å². The lowest BCUT2D eigenvalue weighted by Crippen LogP contribution is -2.16. The number of nitro benzene ring substituents is 1. The van der Waals surface area contributed by atoms with Gasteiger partial charge in [-0.25, -0.2) is 4.98 Å². The van der Waals surface area contributed by atoms with Crippen LogP contribution in [-0.4, -0.2) is 23.0 Å². The zero-order valence-electron chi connectivity index (χ0n) is 10.3. The zero-order valence-corrected chi connectivity index (χ0v) is 10.3. The summed E-state index contributed by atoms with van der Waals surface area (Å²) in [4.78, 5) is 16.5. The summed E-state index contributed by atoms with van der Waals surface area (Å²) >= 11 is 0. The second-order valence-electron chi connectivity index (χ2n) is 4.50. The molecular formula is C13H13N3O3. The molecule has 0 N–H and O–H groups in total. The van der Waals surface area contributed by atoms with Gasteiger partial charge in [-0.3, -0.25) is 10.1 Å². The molecule has 98 valence electrons. The minimum Gasteiger partial charge on any atom is -0.421 e. The van der Waals surface area contributed by atoms with Crippen molar-refractivity contribution in [3.8, 4) is 11.5 Å². The molecule has 0 amide bonds. The van der Waals surface area contributed by atoms with Gasteiger partial charge in [0.1, 0.15) is 0 Å². The molecule has 0 unspecified atom stereocenters. The van der Waals surface area contributed by atoms with Crippen LogP contribution in [0.4, 0.5) is 11.6 Å². The summed E-state index contributed by atoms with van der Waals surface area (Å²) in [6.45, 7) is 1.99. The van der Waals surface area contributed by atoms with Crippen molar-refractivity contribution in [3.63, 3.8) is 0 Å². The normalized spacial score (nSPS) is 14.8. The van der Waals surface area contributed by atoms with E-state index in [1.807, 2.05) is 0 Å². The van der Waals surface area contributed by atoms with Crippen molar-refractivity contribution < 1.29 is 9.34 Å². The molecule has 3 rings (SSSR count). The molecule has 0 aliphatic carbocycles. The maximum atomic E-state index is 10.6. The standard InChI is InChI=1S/C13H13N3O3/c17-16(18)11-5-3-10(4-6-11)13-14-9-12(19-13)15-7-1-2-8-15/h3-6,9H,1-2,7-8H2. The molecule has 0 bridgehead atoms. The van der Waals surface area contributed by atoms with Crippen LogP contribution in [-0.2, 0) is 0 Å². The van der Waals surface area contributed by atoms with Crippen molar-refractivity contribution in [1.29, 1.82) is 0 Å². The van der Waals surface area contributed by atoms with Gasteiger partial charge in [0, 0.05) is 30.8 Å². The molecule has 2 heterocycles. The molecule has 2 aromatic rings. The molecular weight excluding hydrogens is 246 g/mol. The minimum absolute atomic E-state index is 0.0649. The fourth-order valence-electron chi connectivity index (χ4n) is 2.21. The second kappa shape index (κ2) is 4.72. The summed E-state index contributed by atoms with van der Waals surface area (Å²) in [6.07, 6.45) is 4.06. The first kappa shape index (κ1) is 11.7. The SMILES string of the molecule is O=[N+]([O-])c1ccc(-c2ncc(N3CCCC3)o2)cc1. The molecule has 0 radical (unpaired) electrons. The van der Waals surface area contributed by atoms with E-state index in [9.17, 15) is 10.1 Å². The Kier molecular flexibility index (Phi) is 2.91. The smallest absolute Gasteiger partial charge is 0.269 e. The number of oxazole rings is 1. The Hall–Kier alpha value is -2.37. The van der Waals surface area contributed by atoms with E-state index in [4.69, 9.17) is 4.42 Å². The molecule has 0 atom stereocenters. The number of nitrogens with zero attached hydrogens (tertiary/aromatic N) is 3. The number of non-ortho nitro benzene ring substituents is 1. The zero-order chi connectivity index (χ0) is 13.2. The Morgan fingerprint density at radius 1 is 1.21 bits per heavy atom. The molecule has 6 heteroatoms. The summed E-state index contributed by atoms with van der Waals surface area (Å²) in [6, 6.07) is 6.21. The van der Waals surface area contributed by atoms with Gasteiger partial charge < -0.3 is 9.32 Å². The van der Waals surface area contributed by atoms with E-state index in [-0.39, 0.29) is 5.69 Å². The summed E-state index contributed by atoms with van der Waals surface area (Å²) in [5, 5.41) is 10.6. The largest absolute Gasteiger partial charge is 0.421 e. The summed E-state index contributed by atoms with van der Waals surface area (Å²) in [5.41, 5.74) is 0.811. The minimum atomic E-state index is -0.422. The van der Waals surface area contributed by atoms with E-state index in [0.29, 0.717) is 5.89 Å². The van der Waals surface area contributed by atoms with E-state index in [0.717, 1.165) is 24.5 Å². The van der Waals surface area contributed by atoms with Crippen LogP contribution in [0.1, 0.15) is 12.8 Å². The first-order valence-corrected chi connectivity index (χ1v) is 6.19. The van der Waals surface area contributed by atoms with Gasteiger partial charge in [0.2, 0.25) is 11.8 Å². The Morgan fingerprint density at radius 3 is 2.53 bits per heavy atom. The van der Waals surface area contributed by atoms with Crippen LogP contribution in [0, 0.1) is 10.1 Å². The molecule has 19 heavy (non-hydrogen) atoms. The number of aromatic nitrogens is 1. The first-order chi connectivity index (χ1) is 9.24. The van der Waals surface area contributed by atoms with E-state index in [1.165, 1.54) is 25.0 Å². The van der Waals surface area contributed by atoms with Crippen LogP contribution in [0.3, 0.4) is 0 Å². The summed E-state index contributed by atoms with van der Waals surface area (Å²) in [5.74, 6) is 1.27. The average Bonchev–Trinajstić information content (AvgIpc) is 3.10. The Bertz CT molecular complexity index is 585. The van der Waals surface area contributed by atoms with Crippen LogP contribution in [0.15, 0.2) is 34.9 Å². The third-order valence-electron chi connectivity index (χ3n) is 3.24. The van der Waals surface area contributed by atoms with Crippen molar-refractivity contribution in [3.05, 3.63) is 40.6 Å². The van der Waals surface area contributed by atoms with Gasteiger partial charge in [0.15, 0.2) is 0 Å². The summed E-state index contributed by atoms with van der Waals surface area (Å²) in [7, 11) is 0. The predicted octanol–water partition coefficient (Wildman–Crippen LogP) is 2.85. The van der Waals surface area contributed by atoms with Crippen LogP contribution in [0.2, 0.25) is 0 Å².